The van der Waals surface area contributed by atoms with E-state index in [0.29, 0.717) is 29.3 Å². The van der Waals surface area contributed by atoms with Crippen molar-refractivity contribution in [3.8, 4) is 0 Å². The van der Waals surface area contributed by atoms with Crippen molar-refractivity contribution in [2.24, 2.45) is 5.92 Å². The SMILES string of the molecule is O=C1CN(c2ccc3nnc(C(F)(F)F)n3n2)CCN1CC1CCCC1. The lowest BCUT2D eigenvalue weighted by atomic mass is 10.1. The molecule has 2 aromatic heterocycles. The third-order valence-electron chi connectivity index (χ3n) is 5.10. The zero-order chi connectivity index (χ0) is 18.3. The maximum absolute atomic E-state index is 13.0. The first-order valence-corrected chi connectivity index (χ1v) is 8.74. The van der Waals surface area contributed by atoms with E-state index in [2.05, 4.69) is 15.3 Å². The van der Waals surface area contributed by atoms with E-state index in [1.165, 1.54) is 31.7 Å². The van der Waals surface area contributed by atoms with Gasteiger partial charge in [0.15, 0.2) is 5.65 Å². The fourth-order valence-electron chi connectivity index (χ4n) is 3.73. The van der Waals surface area contributed by atoms with Crippen LogP contribution in [-0.2, 0) is 11.0 Å². The lowest BCUT2D eigenvalue weighted by molar-refractivity contribution is -0.146. The highest BCUT2D eigenvalue weighted by molar-refractivity contribution is 5.82. The van der Waals surface area contributed by atoms with Crippen LogP contribution in [0.1, 0.15) is 31.5 Å². The third-order valence-corrected chi connectivity index (χ3v) is 5.10. The van der Waals surface area contributed by atoms with Crippen molar-refractivity contribution >= 4 is 17.4 Å². The van der Waals surface area contributed by atoms with Gasteiger partial charge in [-0.15, -0.1) is 15.3 Å². The predicted octanol–water partition coefficient (Wildman–Crippen LogP) is 1.98. The molecule has 1 aliphatic heterocycles. The molecule has 0 unspecified atom stereocenters. The second kappa shape index (κ2) is 6.40. The van der Waals surface area contributed by atoms with E-state index in [9.17, 15) is 18.0 Å². The molecule has 0 radical (unpaired) electrons. The van der Waals surface area contributed by atoms with Crippen LogP contribution in [0.25, 0.3) is 5.65 Å². The molecule has 4 rings (SSSR count). The summed E-state index contributed by atoms with van der Waals surface area (Å²) < 4.78 is 39.7. The molecule has 7 nitrogen and oxygen atoms in total. The van der Waals surface area contributed by atoms with Crippen molar-refractivity contribution in [1.29, 1.82) is 0 Å². The molecule has 26 heavy (non-hydrogen) atoms. The van der Waals surface area contributed by atoms with Crippen LogP contribution in [-0.4, -0.2) is 56.8 Å². The number of hydrogen-bond donors (Lipinski definition) is 0. The van der Waals surface area contributed by atoms with Gasteiger partial charge in [-0.2, -0.15) is 17.7 Å². The van der Waals surface area contributed by atoms with Gasteiger partial charge in [0.25, 0.3) is 5.82 Å². The van der Waals surface area contributed by atoms with Gasteiger partial charge in [-0.1, -0.05) is 12.8 Å². The first-order valence-electron chi connectivity index (χ1n) is 8.74. The van der Waals surface area contributed by atoms with Crippen LogP contribution in [0.15, 0.2) is 12.1 Å². The molecular formula is C16H19F3N6O. The summed E-state index contributed by atoms with van der Waals surface area (Å²) in [5, 5.41) is 10.7. The largest absolute Gasteiger partial charge is 0.453 e. The Labute approximate surface area is 147 Å². The van der Waals surface area contributed by atoms with Crippen molar-refractivity contribution in [3.63, 3.8) is 0 Å². The molecule has 1 amide bonds. The van der Waals surface area contributed by atoms with Gasteiger partial charge < -0.3 is 9.80 Å². The fourth-order valence-corrected chi connectivity index (χ4v) is 3.73. The summed E-state index contributed by atoms with van der Waals surface area (Å²) in [6.07, 6.45) is 0.145. The summed E-state index contributed by atoms with van der Waals surface area (Å²) in [7, 11) is 0. The van der Waals surface area contributed by atoms with E-state index >= 15 is 0 Å². The van der Waals surface area contributed by atoms with Gasteiger partial charge in [0.1, 0.15) is 5.82 Å². The Balaban J connectivity index is 1.50. The van der Waals surface area contributed by atoms with Crippen LogP contribution in [0.3, 0.4) is 0 Å². The van der Waals surface area contributed by atoms with E-state index in [1.807, 2.05) is 4.90 Å². The molecule has 1 saturated carbocycles. The van der Waals surface area contributed by atoms with E-state index in [0.717, 1.165) is 6.54 Å². The monoisotopic (exact) mass is 368 g/mol. The molecule has 1 saturated heterocycles. The number of piperazine rings is 1. The van der Waals surface area contributed by atoms with E-state index < -0.39 is 12.0 Å². The van der Waals surface area contributed by atoms with Gasteiger partial charge in [0, 0.05) is 19.6 Å². The number of alkyl halides is 3. The number of carbonyl (C=O) groups is 1. The molecule has 0 aromatic carbocycles. The zero-order valence-electron chi connectivity index (χ0n) is 14.1. The van der Waals surface area contributed by atoms with E-state index in [-0.39, 0.29) is 18.1 Å². The third kappa shape index (κ3) is 3.19. The Kier molecular flexibility index (Phi) is 4.20. The Morgan fingerprint density at radius 1 is 1.12 bits per heavy atom. The number of nitrogens with zero attached hydrogens (tertiary/aromatic N) is 6. The van der Waals surface area contributed by atoms with Gasteiger partial charge in [0.2, 0.25) is 5.91 Å². The van der Waals surface area contributed by atoms with E-state index in [1.54, 1.807) is 11.0 Å². The molecule has 10 heteroatoms. The molecular weight excluding hydrogens is 349 g/mol. The second-order valence-electron chi connectivity index (χ2n) is 6.89. The number of amides is 1. The molecule has 2 fully saturated rings. The number of fused-ring (bicyclic) bond motifs is 1. The molecule has 0 N–H and O–H groups in total. The lowest BCUT2D eigenvalue weighted by Gasteiger charge is -2.36. The van der Waals surface area contributed by atoms with Gasteiger partial charge in [0.05, 0.1) is 6.54 Å². The fraction of sp³-hybridized carbons (Fsp3) is 0.625. The Hall–Kier alpha value is -2.39. The molecule has 2 aromatic rings. The first kappa shape index (κ1) is 17.0. The van der Waals surface area contributed by atoms with Crippen molar-refractivity contribution in [3.05, 3.63) is 18.0 Å². The normalized spacial score (nSPS) is 19.7. The molecule has 140 valence electrons. The molecule has 0 spiro atoms. The van der Waals surface area contributed by atoms with Gasteiger partial charge in [-0.05, 0) is 30.9 Å². The van der Waals surface area contributed by atoms with Crippen LogP contribution in [0, 0.1) is 5.92 Å². The van der Waals surface area contributed by atoms with Crippen LogP contribution in [0.4, 0.5) is 19.0 Å². The second-order valence-corrected chi connectivity index (χ2v) is 6.89. The van der Waals surface area contributed by atoms with Gasteiger partial charge >= 0.3 is 6.18 Å². The molecule has 0 atom stereocenters. The zero-order valence-corrected chi connectivity index (χ0v) is 14.1. The standard InChI is InChI=1S/C16H19F3N6O/c17-16(18,19)15-21-20-12-5-6-13(22-25(12)15)23-7-8-24(14(26)10-23)9-11-3-1-2-4-11/h5-6,11H,1-4,7-10H2. The van der Waals surface area contributed by atoms with Crippen LogP contribution >= 0.6 is 0 Å². The Bertz CT molecular complexity index is 814. The topological polar surface area (TPSA) is 66.6 Å². The number of carbonyl (C=O) groups excluding carboxylic acids is 1. The summed E-state index contributed by atoms with van der Waals surface area (Å²) >= 11 is 0. The predicted molar refractivity (Wildman–Crippen MR) is 86.5 cm³/mol. The molecule has 0 bridgehead atoms. The number of aromatic nitrogens is 4. The smallest absolute Gasteiger partial charge is 0.344 e. The average Bonchev–Trinajstić information content (AvgIpc) is 3.24. The van der Waals surface area contributed by atoms with Crippen LogP contribution < -0.4 is 4.90 Å². The number of halogens is 3. The minimum atomic E-state index is -4.64. The minimum Gasteiger partial charge on any atom is -0.344 e. The van der Waals surface area contributed by atoms with E-state index in [4.69, 9.17) is 0 Å². The van der Waals surface area contributed by atoms with Crippen LogP contribution in [0.2, 0.25) is 0 Å². The Morgan fingerprint density at radius 3 is 2.58 bits per heavy atom. The Morgan fingerprint density at radius 2 is 1.88 bits per heavy atom. The number of rotatable bonds is 3. The highest BCUT2D eigenvalue weighted by Gasteiger charge is 2.38. The summed E-state index contributed by atoms with van der Waals surface area (Å²) in [4.78, 5) is 16.0. The number of anilines is 1. The summed E-state index contributed by atoms with van der Waals surface area (Å²) in [5.74, 6) is -0.284. The number of hydrogen-bond acceptors (Lipinski definition) is 5. The van der Waals surface area contributed by atoms with Gasteiger partial charge in [-0.25, -0.2) is 0 Å². The summed E-state index contributed by atoms with van der Waals surface area (Å²) in [5.41, 5.74) is 0.0206. The first-order chi connectivity index (χ1) is 12.4. The molecule has 1 aliphatic carbocycles. The van der Waals surface area contributed by atoms with Crippen molar-refractivity contribution in [2.45, 2.75) is 31.9 Å². The lowest BCUT2D eigenvalue weighted by Crippen LogP contribution is -2.51. The van der Waals surface area contributed by atoms with Crippen molar-refractivity contribution in [2.75, 3.05) is 31.1 Å². The molecule has 2 aliphatic rings. The molecule has 3 heterocycles. The quantitative estimate of drug-likeness (QED) is 0.829. The summed E-state index contributed by atoms with van der Waals surface area (Å²) in [6, 6.07) is 3.00. The summed E-state index contributed by atoms with van der Waals surface area (Å²) in [6.45, 7) is 2.00. The van der Waals surface area contributed by atoms with Crippen molar-refractivity contribution in [1.82, 2.24) is 24.7 Å². The highest BCUT2D eigenvalue weighted by atomic mass is 19.4. The highest BCUT2D eigenvalue weighted by Crippen LogP contribution is 2.29. The van der Waals surface area contributed by atoms with Gasteiger partial charge in [-0.3, -0.25) is 4.79 Å². The van der Waals surface area contributed by atoms with Crippen molar-refractivity contribution < 1.29 is 18.0 Å². The minimum absolute atomic E-state index is 0.00940. The van der Waals surface area contributed by atoms with Crippen LogP contribution in [0.5, 0.6) is 0 Å². The maximum atomic E-state index is 13.0. The average molecular weight is 368 g/mol. The maximum Gasteiger partial charge on any atom is 0.453 e.